The Balaban J connectivity index is 1.60. The molecule has 4 rings (SSSR count). The van der Waals surface area contributed by atoms with Gasteiger partial charge in [-0.05, 0) is 56.8 Å². The van der Waals surface area contributed by atoms with Crippen molar-refractivity contribution in [2.45, 2.75) is 90.3 Å². The highest BCUT2D eigenvalue weighted by atomic mass is 32.1. The molecule has 0 unspecified atom stereocenters. The van der Waals surface area contributed by atoms with Gasteiger partial charge in [0.2, 0.25) is 5.91 Å². The van der Waals surface area contributed by atoms with E-state index in [1.165, 1.54) is 25.7 Å². The Hall–Kier alpha value is -1.86. The second kappa shape index (κ2) is 10.6. The molecule has 1 aliphatic heterocycles. The molecule has 1 fully saturated rings. The van der Waals surface area contributed by atoms with Crippen molar-refractivity contribution in [1.82, 2.24) is 19.7 Å². The van der Waals surface area contributed by atoms with E-state index in [0.717, 1.165) is 55.5 Å². The number of unbranched alkanes of at least 4 members (excludes halogenated alkanes) is 1. The zero-order chi connectivity index (χ0) is 23.4. The predicted molar refractivity (Wildman–Crippen MR) is 136 cm³/mol. The predicted octanol–water partition coefficient (Wildman–Crippen LogP) is 4.88. The number of likely N-dealkylation sites (N-methyl/N-ethyl adjacent to an activating group) is 1. The van der Waals surface area contributed by atoms with Crippen molar-refractivity contribution in [3.63, 3.8) is 0 Å². The molecule has 2 aromatic rings. The molecule has 0 saturated heterocycles. The average molecular weight is 473 g/mol. The van der Waals surface area contributed by atoms with Gasteiger partial charge in [-0.25, -0.2) is 0 Å². The van der Waals surface area contributed by atoms with Gasteiger partial charge in [-0.2, -0.15) is 0 Å². The normalized spacial score (nSPS) is 22.1. The molecule has 1 N–H and O–H groups in total. The fraction of sp³-hybridized carbons (Fsp3) is 0.692. The summed E-state index contributed by atoms with van der Waals surface area (Å²) in [5.74, 6) is -0.0169. The summed E-state index contributed by atoms with van der Waals surface area (Å²) in [6.07, 6.45) is 9.24. The van der Waals surface area contributed by atoms with Gasteiger partial charge in [0.15, 0.2) is 0 Å². The van der Waals surface area contributed by atoms with Crippen LogP contribution in [0, 0.1) is 0 Å². The molecule has 3 heterocycles. The number of thiophene rings is 1. The third kappa shape index (κ3) is 4.99. The highest BCUT2D eigenvalue weighted by molar-refractivity contribution is 7.17. The van der Waals surface area contributed by atoms with Gasteiger partial charge in [0.25, 0.3) is 5.91 Å². The highest BCUT2D eigenvalue weighted by Gasteiger charge is 2.48. The maximum Gasteiger partial charge on any atom is 0.271 e. The van der Waals surface area contributed by atoms with Crippen molar-refractivity contribution in [3.8, 4) is 0 Å². The Kier molecular flexibility index (Phi) is 7.80. The van der Waals surface area contributed by atoms with E-state index >= 15 is 0 Å². The molecule has 0 radical (unpaired) electrons. The van der Waals surface area contributed by atoms with Crippen LogP contribution in [0.5, 0.6) is 0 Å². The Morgan fingerprint density at radius 3 is 2.67 bits per heavy atom. The molecule has 7 heteroatoms. The van der Waals surface area contributed by atoms with Crippen LogP contribution in [0.15, 0.2) is 17.5 Å². The third-order valence-electron chi connectivity index (χ3n) is 7.64. The lowest BCUT2D eigenvalue weighted by Crippen LogP contribution is -2.65. The fourth-order valence-corrected chi connectivity index (χ4v) is 6.26. The molecule has 2 aromatic heterocycles. The lowest BCUT2D eigenvalue weighted by atomic mass is 9.93. The molecule has 6 nitrogen and oxygen atoms in total. The van der Waals surface area contributed by atoms with Gasteiger partial charge in [-0.1, -0.05) is 46.0 Å². The molecule has 182 valence electrons. The Morgan fingerprint density at radius 2 is 1.97 bits per heavy atom. The summed E-state index contributed by atoms with van der Waals surface area (Å²) in [7, 11) is 0. The minimum absolute atomic E-state index is 0.00193. The molecular formula is C26H40N4O2S. The Morgan fingerprint density at radius 1 is 1.21 bits per heavy atom. The molecule has 0 aromatic carbocycles. The SMILES string of the molecule is CCCCN(CC)CCN1C(=O)c2cc3sccc3n2C[C@]1(C)C(=O)NC1CCCCCC1. The summed E-state index contributed by atoms with van der Waals surface area (Å²) in [4.78, 5) is 31.9. The van der Waals surface area contributed by atoms with E-state index in [9.17, 15) is 9.59 Å². The van der Waals surface area contributed by atoms with Gasteiger partial charge in [-0.3, -0.25) is 9.59 Å². The second-order valence-corrected chi connectivity index (χ2v) is 10.9. The van der Waals surface area contributed by atoms with E-state index in [-0.39, 0.29) is 17.9 Å². The fourth-order valence-electron chi connectivity index (χ4n) is 5.44. The standard InChI is InChI=1S/C26H40N4O2S/c1-4-6-14-28(5-2)15-16-30-24(31)22-18-23-21(13-17-33-23)29(22)19-26(30,3)25(32)27-20-11-9-7-8-10-12-20/h13,17-18,20H,4-12,14-16,19H2,1-3H3,(H,27,32)/t26-/m1/s1. The summed E-state index contributed by atoms with van der Waals surface area (Å²) < 4.78 is 3.19. The van der Waals surface area contributed by atoms with E-state index in [4.69, 9.17) is 0 Å². The summed E-state index contributed by atoms with van der Waals surface area (Å²) in [6.45, 7) is 10.2. The van der Waals surface area contributed by atoms with E-state index in [0.29, 0.717) is 18.8 Å². The molecule has 2 aliphatic rings. The van der Waals surface area contributed by atoms with Gasteiger partial charge in [0.1, 0.15) is 11.2 Å². The monoisotopic (exact) mass is 472 g/mol. The van der Waals surface area contributed by atoms with Crippen LogP contribution in [0.4, 0.5) is 0 Å². The van der Waals surface area contributed by atoms with Gasteiger partial charge in [-0.15, -0.1) is 11.3 Å². The molecular weight excluding hydrogens is 432 g/mol. The quantitative estimate of drug-likeness (QED) is 0.529. The topological polar surface area (TPSA) is 57.6 Å². The van der Waals surface area contributed by atoms with Gasteiger partial charge < -0.3 is 19.7 Å². The second-order valence-electron chi connectivity index (χ2n) is 9.97. The van der Waals surface area contributed by atoms with Crippen molar-refractivity contribution in [3.05, 3.63) is 23.2 Å². The van der Waals surface area contributed by atoms with E-state index < -0.39 is 5.54 Å². The maximum absolute atomic E-state index is 13.8. The summed E-state index contributed by atoms with van der Waals surface area (Å²) in [5.41, 5.74) is 0.886. The molecule has 0 bridgehead atoms. The molecule has 0 spiro atoms. The van der Waals surface area contributed by atoms with Crippen molar-refractivity contribution < 1.29 is 9.59 Å². The number of hydrogen-bond acceptors (Lipinski definition) is 4. The zero-order valence-electron chi connectivity index (χ0n) is 20.6. The molecule has 33 heavy (non-hydrogen) atoms. The lowest BCUT2D eigenvalue weighted by molar-refractivity contribution is -0.133. The van der Waals surface area contributed by atoms with Crippen molar-refractivity contribution in [2.75, 3.05) is 26.2 Å². The van der Waals surface area contributed by atoms with Crippen LogP contribution in [-0.4, -0.2) is 63.9 Å². The largest absolute Gasteiger partial charge is 0.351 e. The van der Waals surface area contributed by atoms with Crippen molar-refractivity contribution in [1.29, 1.82) is 0 Å². The molecule has 1 aliphatic carbocycles. The van der Waals surface area contributed by atoms with Crippen molar-refractivity contribution in [2.24, 2.45) is 0 Å². The van der Waals surface area contributed by atoms with Crippen LogP contribution in [0.3, 0.4) is 0 Å². The smallest absolute Gasteiger partial charge is 0.271 e. The number of nitrogens with zero attached hydrogens (tertiary/aromatic N) is 3. The summed E-state index contributed by atoms with van der Waals surface area (Å²) >= 11 is 1.65. The van der Waals surface area contributed by atoms with E-state index in [1.807, 2.05) is 17.9 Å². The van der Waals surface area contributed by atoms with Crippen LogP contribution in [0.25, 0.3) is 10.2 Å². The average Bonchev–Trinajstić information content (AvgIpc) is 3.30. The number of amides is 2. The minimum Gasteiger partial charge on any atom is -0.351 e. The van der Waals surface area contributed by atoms with Crippen LogP contribution < -0.4 is 5.32 Å². The molecule has 1 saturated carbocycles. The number of aromatic nitrogens is 1. The van der Waals surface area contributed by atoms with Gasteiger partial charge >= 0.3 is 0 Å². The van der Waals surface area contributed by atoms with Gasteiger partial charge in [0, 0.05) is 19.1 Å². The first-order valence-corrected chi connectivity index (χ1v) is 13.8. The number of fused-ring (bicyclic) bond motifs is 3. The zero-order valence-corrected chi connectivity index (χ0v) is 21.4. The Labute approximate surface area is 202 Å². The van der Waals surface area contributed by atoms with Crippen LogP contribution in [0.1, 0.15) is 82.6 Å². The van der Waals surface area contributed by atoms with E-state index in [2.05, 4.69) is 40.1 Å². The summed E-state index contributed by atoms with van der Waals surface area (Å²) in [6, 6.07) is 4.30. The third-order valence-corrected chi connectivity index (χ3v) is 8.50. The van der Waals surface area contributed by atoms with E-state index in [1.54, 1.807) is 11.3 Å². The van der Waals surface area contributed by atoms with Gasteiger partial charge in [0.05, 0.1) is 16.8 Å². The highest BCUT2D eigenvalue weighted by Crippen LogP contribution is 2.34. The number of carbonyl (C=O) groups excluding carboxylic acids is 2. The number of nitrogens with one attached hydrogen (secondary N) is 1. The molecule has 1 atom stereocenters. The van der Waals surface area contributed by atoms with Crippen LogP contribution in [-0.2, 0) is 11.3 Å². The maximum atomic E-state index is 13.8. The van der Waals surface area contributed by atoms with Crippen LogP contribution >= 0.6 is 11.3 Å². The van der Waals surface area contributed by atoms with Crippen molar-refractivity contribution >= 4 is 33.4 Å². The molecule has 2 amide bonds. The minimum atomic E-state index is -0.894. The number of carbonyl (C=O) groups is 2. The number of hydrogen-bond donors (Lipinski definition) is 1. The summed E-state index contributed by atoms with van der Waals surface area (Å²) in [5, 5.41) is 5.42. The first-order chi connectivity index (χ1) is 16.0. The Bertz CT molecular complexity index is 959. The lowest BCUT2D eigenvalue weighted by Gasteiger charge is -2.45. The first kappa shape index (κ1) is 24.3. The number of rotatable bonds is 9. The van der Waals surface area contributed by atoms with Crippen LogP contribution in [0.2, 0.25) is 0 Å². The first-order valence-electron chi connectivity index (χ1n) is 12.9.